The van der Waals surface area contributed by atoms with Crippen LogP contribution < -0.4 is 5.32 Å². The number of benzene rings is 1. The van der Waals surface area contributed by atoms with E-state index in [2.05, 4.69) is 36.6 Å². The van der Waals surface area contributed by atoms with Gasteiger partial charge < -0.3 is 5.32 Å². The molecule has 2 aliphatic carbocycles. The molecule has 1 N–H and O–H groups in total. The average molecular weight is 241 g/mol. The van der Waals surface area contributed by atoms with Crippen LogP contribution in [0.3, 0.4) is 0 Å². The third-order valence-electron chi connectivity index (χ3n) is 4.44. The highest BCUT2D eigenvalue weighted by Crippen LogP contribution is 2.32. The number of aryl methyl sites for hydroxylation is 2. The molecule has 0 saturated carbocycles. The topological polar surface area (TPSA) is 12.0 Å². The summed E-state index contributed by atoms with van der Waals surface area (Å²) in [6.45, 7) is 0. The summed E-state index contributed by atoms with van der Waals surface area (Å²) in [5.41, 5.74) is 6.23. The zero-order valence-corrected chi connectivity index (χ0v) is 11.3. The van der Waals surface area contributed by atoms with Crippen LogP contribution in [-0.2, 0) is 12.8 Å². The molecule has 0 aromatic heterocycles. The Kier molecular flexibility index (Phi) is 3.51. The Bertz CT molecular complexity index is 459. The summed E-state index contributed by atoms with van der Waals surface area (Å²) in [7, 11) is 2.09. The molecule has 3 rings (SSSR count). The Labute approximate surface area is 110 Å². The number of hydrogen-bond donors (Lipinski definition) is 1. The van der Waals surface area contributed by atoms with Crippen LogP contribution in [0, 0.1) is 0 Å². The Morgan fingerprint density at radius 1 is 1.00 bits per heavy atom. The zero-order valence-electron chi connectivity index (χ0n) is 11.3. The lowest BCUT2D eigenvalue weighted by atomic mass is 9.89. The number of allylic oxidation sites excluding steroid dienone is 1. The molecule has 0 spiro atoms. The minimum absolute atomic E-state index is 0.441. The maximum absolute atomic E-state index is 3.51. The molecule has 1 aromatic carbocycles. The number of likely N-dealkylation sites (N-methyl/N-ethyl adjacent to an activating group) is 1. The minimum atomic E-state index is 0.441. The van der Waals surface area contributed by atoms with Crippen LogP contribution in [-0.4, -0.2) is 7.05 Å². The van der Waals surface area contributed by atoms with Crippen molar-refractivity contribution < 1.29 is 0 Å². The fourth-order valence-electron chi connectivity index (χ4n) is 3.46. The molecule has 0 aliphatic heterocycles. The maximum Gasteiger partial charge on any atom is 0.0533 e. The highest BCUT2D eigenvalue weighted by molar-refractivity contribution is 5.39. The van der Waals surface area contributed by atoms with Crippen LogP contribution in [0.15, 0.2) is 29.8 Å². The van der Waals surface area contributed by atoms with Crippen LogP contribution in [0.4, 0.5) is 0 Å². The summed E-state index contributed by atoms with van der Waals surface area (Å²) < 4.78 is 0. The van der Waals surface area contributed by atoms with Crippen LogP contribution in [0.25, 0.3) is 0 Å². The Hall–Kier alpha value is -1.08. The fourth-order valence-corrected chi connectivity index (χ4v) is 3.46. The molecule has 2 aliphatic rings. The smallest absolute Gasteiger partial charge is 0.0533 e. The van der Waals surface area contributed by atoms with Gasteiger partial charge in [0.1, 0.15) is 0 Å². The van der Waals surface area contributed by atoms with Gasteiger partial charge in [-0.15, -0.1) is 0 Å². The first-order chi connectivity index (χ1) is 8.88. The molecule has 0 saturated heterocycles. The molecule has 0 fully saturated rings. The van der Waals surface area contributed by atoms with E-state index in [1.165, 1.54) is 50.5 Å². The minimum Gasteiger partial charge on any atom is -0.310 e. The van der Waals surface area contributed by atoms with Gasteiger partial charge in [-0.25, -0.2) is 0 Å². The lowest BCUT2D eigenvalue weighted by Crippen LogP contribution is -2.20. The van der Waals surface area contributed by atoms with E-state index in [1.807, 2.05) is 0 Å². The van der Waals surface area contributed by atoms with Crippen molar-refractivity contribution in [3.05, 3.63) is 46.5 Å². The third-order valence-corrected chi connectivity index (χ3v) is 4.44. The van der Waals surface area contributed by atoms with Crippen molar-refractivity contribution >= 4 is 0 Å². The van der Waals surface area contributed by atoms with Gasteiger partial charge in [0.25, 0.3) is 0 Å². The zero-order chi connectivity index (χ0) is 12.4. The Balaban J connectivity index is 1.89. The highest BCUT2D eigenvalue weighted by Gasteiger charge is 2.19. The monoisotopic (exact) mass is 241 g/mol. The predicted octanol–water partition coefficient (Wildman–Crippen LogP) is 3.94. The number of hydrogen-bond acceptors (Lipinski definition) is 1. The maximum atomic E-state index is 3.51. The summed E-state index contributed by atoms with van der Waals surface area (Å²) in [5.74, 6) is 0. The molecule has 1 unspecified atom stereocenters. The SMILES string of the molecule is CNC(C1=CCCCC1)c1ccc2c(c1)CCC2. The van der Waals surface area contributed by atoms with Crippen LogP contribution >= 0.6 is 0 Å². The van der Waals surface area contributed by atoms with Crippen molar-refractivity contribution in [3.63, 3.8) is 0 Å². The summed E-state index contributed by atoms with van der Waals surface area (Å²) in [6.07, 6.45) is 11.6. The first kappa shape index (κ1) is 12.0. The van der Waals surface area contributed by atoms with Crippen molar-refractivity contribution in [2.24, 2.45) is 0 Å². The van der Waals surface area contributed by atoms with E-state index in [1.54, 1.807) is 16.7 Å². The van der Waals surface area contributed by atoms with E-state index in [-0.39, 0.29) is 0 Å². The Morgan fingerprint density at radius 3 is 2.67 bits per heavy atom. The molecular formula is C17H23N. The molecular weight excluding hydrogens is 218 g/mol. The number of fused-ring (bicyclic) bond motifs is 1. The molecule has 1 aromatic rings. The first-order valence-corrected chi connectivity index (χ1v) is 7.36. The molecule has 0 bridgehead atoms. The summed E-state index contributed by atoms with van der Waals surface area (Å²) >= 11 is 0. The molecule has 18 heavy (non-hydrogen) atoms. The second-order valence-corrected chi connectivity index (χ2v) is 5.63. The fraction of sp³-hybridized carbons (Fsp3) is 0.529. The molecule has 96 valence electrons. The molecule has 1 atom stereocenters. The van der Waals surface area contributed by atoms with Crippen molar-refractivity contribution in [1.82, 2.24) is 5.32 Å². The highest BCUT2D eigenvalue weighted by atomic mass is 14.9. The molecule has 0 amide bonds. The van der Waals surface area contributed by atoms with Crippen molar-refractivity contribution in [2.75, 3.05) is 7.05 Å². The average Bonchev–Trinajstić information content (AvgIpc) is 2.88. The Morgan fingerprint density at radius 2 is 1.89 bits per heavy atom. The summed E-state index contributed by atoms with van der Waals surface area (Å²) in [5, 5.41) is 3.51. The van der Waals surface area contributed by atoms with Crippen molar-refractivity contribution in [3.8, 4) is 0 Å². The molecule has 1 nitrogen and oxygen atoms in total. The number of rotatable bonds is 3. The number of nitrogens with one attached hydrogen (secondary N) is 1. The van der Waals surface area contributed by atoms with E-state index < -0.39 is 0 Å². The predicted molar refractivity (Wildman–Crippen MR) is 76.8 cm³/mol. The van der Waals surface area contributed by atoms with Gasteiger partial charge in [0.05, 0.1) is 6.04 Å². The first-order valence-electron chi connectivity index (χ1n) is 7.36. The quantitative estimate of drug-likeness (QED) is 0.790. The van der Waals surface area contributed by atoms with Crippen LogP contribution in [0.2, 0.25) is 0 Å². The van der Waals surface area contributed by atoms with Crippen molar-refractivity contribution in [2.45, 2.75) is 51.0 Å². The van der Waals surface area contributed by atoms with Gasteiger partial charge >= 0.3 is 0 Å². The van der Waals surface area contributed by atoms with Gasteiger partial charge in [-0.05, 0) is 68.7 Å². The standard InChI is InChI=1S/C17H23N/c1-18-17(14-6-3-2-4-7-14)16-11-10-13-8-5-9-15(13)12-16/h6,10-12,17-18H,2-5,7-9H2,1H3. The molecule has 1 heteroatoms. The van der Waals surface area contributed by atoms with E-state index in [0.717, 1.165) is 0 Å². The summed E-state index contributed by atoms with van der Waals surface area (Å²) in [4.78, 5) is 0. The summed E-state index contributed by atoms with van der Waals surface area (Å²) in [6, 6.07) is 7.57. The van der Waals surface area contributed by atoms with E-state index in [9.17, 15) is 0 Å². The van der Waals surface area contributed by atoms with Gasteiger partial charge in [-0.2, -0.15) is 0 Å². The lowest BCUT2D eigenvalue weighted by Gasteiger charge is -2.24. The van der Waals surface area contributed by atoms with E-state index in [4.69, 9.17) is 0 Å². The van der Waals surface area contributed by atoms with Gasteiger partial charge in [0, 0.05) is 0 Å². The van der Waals surface area contributed by atoms with Crippen molar-refractivity contribution in [1.29, 1.82) is 0 Å². The lowest BCUT2D eigenvalue weighted by molar-refractivity contribution is 0.593. The molecule has 0 radical (unpaired) electrons. The van der Waals surface area contributed by atoms with Gasteiger partial charge in [-0.3, -0.25) is 0 Å². The second kappa shape index (κ2) is 5.27. The third kappa shape index (κ3) is 2.24. The van der Waals surface area contributed by atoms with E-state index in [0.29, 0.717) is 6.04 Å². The van der Waals surface area contributed by atoms with Gasteiger partial charge in [0.2, 0.25) is 0 Å². The second-order valence-electron chi connectivity index (χ2n) is 5.63. The van der Waals surface area contributed by atoms with Gasteiger partial charge in [0.15, 0.2) is 0 Å². The van der Waals surface area contributed by atoms with Crippen LogP contribution in [0.5, 0.6) is 0 Å². The normalized spacial score (nSPS) is 20.4. The largest absolute Gasteiger partial charge is 0.310 e. The van der Waals surface area contributed by atoms with E-state index >= 15 is 0 Å². The van der Waals surface area contributed by atoms with Crippen LogP contribution in [0.1, 0.15) is 54.8 Å². The molecule has 0 heterocycles. The van der Waals surface area contributed by atoms with Gasteiger partial charge in [-0.1, -0.05) is 29.8 Å².